The first-order valence-corrected chi connectivity index (χ1v) is 9.24. The molecule has 0 bridgehead atoms. The number of nitro groups is 1. The summed E-state index contributed by atoms with van der Waals surface area (Å²) in [5.41, 5.74) is 1.15. The van der Waals surface area contributed by atoms with Crippen LogP contribution in [0.1, 0.15) is 41.8 Å². The van der Waals surface area contributed by atoms with Crippen molar-refractivity contribution in [1.29, 1.82) is 0 Å². The predicted octanol–water partition coefficient (Wildman–Crippen LogP) is 3.96. The normalized spacial score (nSPS) is 14.3. The van der Waals surface area contributed by atoms with Crippen LogP contribution in [-0.4, -0.2) is 31.6 Å². The molecule has 0 aliphatic heterocycles. The van der Waals surface area contributed by atoms with Gasteiger partial charge in [-0.1, -0.05) is 12.8 Å². The highest BCUT2D eigenvalue weighted by Gasteiger charge is 2.29. The van der Waals surface area contributed by atoms with E-state index in [1.807, 2.05) is 17.0 Å². The van der Waals surface area contributed by atoms with E-state index >= 15 is 0 Å². The fraction of sp³-hybridized carbons (Fsp3) is 0.300. The number of non-ortho nitro benzene ring substituents is 1. The fourth-order valence-corrected chi connectivity index (χ4v) is 3.62. The molecule has 8 nitrogen and oxygen atoms in total. The van der Waals surface area contributed by atoms with Gasteiger partial charge in [0.1, 0.15) is 5.76 Å². The number of carbonyl (C=O) groups is 1. The van der Waals surface area contributed by atoms with Crippen molar-refractivity contribution in [2.24, 2.45) is 0 Å². The largest absolute Gasteiger partial charge is 0.467 e. The molecule has 4 rings (SSSR count). The number of carbonyl (C=O) groups excluding carboxylic acids is 1. The molecule has 0 spiro atoms. The number of aromatic nitrogens is 2. The maximum absolute atomic E-state index is 13.2. The van der Waals surface area contributed by atoms with Crippen molar-refractivity contribution in [3.63, 3.8) is 0 Å². The van der Waals surface area contributed by atoms with Gasteiger partial charge >= 0.3 is 0 Å². The average molecular weight is 380 g/mol. The van der Waals surface area contributed by atoms with Crippen LogP contribution in [0.15, 0.2) is 59.5 Å². The van der Waals surface area contributed by atoms with Crippen molar-refractivity contribution in [1.82, 2.24) is 14.7 Å². The van der Waals surface area contributed by atoms with Crippen LogP contribution in [0.2, 0.25) is 0 Å². The summed E-state index contributed by atoms with van der Waals surface area (Å²) in [4.78, 5) is 25.4. The van der Waals surface area contributed by atoms with Crippen molar-refractivity contribution in [2.75, 3.05) is 0 Å². The van der Waals surface area contributed by atoms with Crippen LogP contribution in [0.5, 0.6) is 0 Å². The number of hydrogen-bond donors (Lipinski definition) is 0. The molecule has 1 amide bonds. The molecule has 1 aliphatic carbocycles. The number of hydrogen-bond acceptors (Lipinski definition) is 5. The Morgan fingerprint density at radius 1 is 1.25 bits per heavy atom. The maximum atomic E-state index is 13.2. The lowest BCUT2D eigenvalue weighted by molar-refractivity contribution is -0.384. The minimum Gasteiger partial charge on any atom is -0.467 e. The number of nitro benzene ring substituents is 1. The van der Waals surface area contributed by atoms with Gasteiger partial charge in [-0.05, 0) is 37.1 Å². The Balaban J connectivity index is 1.56. The topological polar surface area (TPSA) is 94.4 Å². The van der Waals surface area contributed by atoms with Gasteiger partial charge in [0.2, 0.25) is 0 Å². The smallest absolute Gasteiger partial charge is 0.269 e. The summed E-state index contributed by atoms with van der Waals surface area (Å²) in [6.07, 6.45) is 9.02. The lowest BCUT2D eigenvalue weighted by Crippen LogP contribution is -2.38. The van der Waals surface area contributed by atoms with Crippen molar-refractivity contribution in [3.05, 3.63) is 76.5 Å². The minimum absolute atomic E-state index is 0.0121. The van der Waals surface area contributed by atoms with Crippen molar-refractivity contribution in [2.45, 2.75) is 38.3 Å². The molecule has 1 fully saturated rings. The quantitative estimate of drug-likeness (QED) is 0.476. The highest BCUT2D eigenvalue weighted by Crippen LogP contribution is 2.27. The second kappa shape index (κ2) is 7.67. The van der Waals surface area contributed by atoms with E-state index in [1.54, 1.807) is 29.3 Å². The van der Waals surface area contributed by atoms with E-state index in [0.29, 0.717) is 17.8 Å². The summed E-state index contributed by atoms with van der Waals surface area (Å²) >= 11 is 0. The molecule has 8 heteroatoms. The van der Waals surface area contributed by atoms with E-state index < -0.39 is 4.92 Å². The Kier molecular flexibility index (Phi) is 4.92. The van der Waals surface area contributed by atoms with E-state index in [-0.39, 0.29) is 17.6 Å². The zero-order chi connectivity index (χ0) is 19.5. The molecule has 2 aromatic heterocycles. The third-order valence-electron chi connectivity index (χ3n) is 5.09. The van der Waals surface area contributed by atoms with E-state index in [9.17, 15) is 14.9 Å². The molecule has 28 heavy (non-hydrogen) atoms. The van der Waals surface area contributed by atoms with E-state index in [2.05, 4.69) is 5.10 Å². The summed E-state index contributed by atoms with van der Waals surface area (Å²) in [6, 6.07) is 9.93. The number of nitrogens with zero attached hydrogens (tertiary/aromatic N) is 4. The molecular formula is C20H20N4O4. The van der Waals surface area contributed by atoms with E-state index in [1.165, 1.54) is 18.3 Å². The lowest BCUT2D eigenvalue weighted by Gasteiger charge is -2.27. The van der Waals surface area contributed by atoms with Crippen LogP contribution in [0.25, 0.3) is 5.69 Å². The molecule has 0 atom stereocenters. The second-order valence-corrected chi connectivity index (χ2v) is 6.90. The van der Waals surface area contributed by atoms with Crippen LogP contribution in [0, 0.1) is 10.1 Å². The molecule has 0 saturated heterocycles. The van der Waals surface area contributed by atoms with Gasteiger partial charge in [-0.15, -0.1) is 0 Å². The highest BCUT2D eigenvalue weighted by atomic mass is 16.6. The summed E-state index contributed by atoms with van der Waals surface area (Å²) in [5, 5.41) is 15.1. The second-order valence-electron chi connectivity index (χ2n) is 6.90. The van der Waals surface area contributed by atoms with Crippen LogP contribution >= 0.6 is 0 Å². The van der Waals surface area contributed by atoms with Gasteiger partial charge in [-0.3, -0.25) is 14.9 Å². The molecule has 0 N–H and O–H groups in total. The van der Waals surface area contributed by atoms with Crippen molar-refractivity contribution in [3.8, 4) is 5.69 Å². The first kappa shape index (κ1) is 18.0. The molecule has 0 radical (unpaired) electrons. The first-order chi connectivity index (χ1) is 13.6. The Morgan fingerprint density at radius 3 is 2.64 bits per heavy atom. The van der Waals surface area contributed by atoms with Gasteiger partial charge < -0.3 is 9.32 Å². The van der Waals surface area contributed by atoms with Crippen LogP contribution in [0.4, 0.5) is 5.69 Å². The van der Waals surface area contributed by atoms with Crippen molar-refractivity contribution >= 4 is 11.6 Å². The number of amides is 1. The van der Waals surface area contributed by atoms with Gasteiger partial charge in [-0.2, -0.15) is 5.10 Å². The Morgan fingerprint density at radius 2 is 2.00 bits per heavy atom. The third-order valence-corrected chi connectivity index (χ3v) is 5.09. The van der Waals surface area contributed by atoms with E-state index in [0.717, 1.165) is 31.4 Å². The van der Waals surface area contributed by atoms with Gasteiger partial charge in [0, 0.05) is 24.4 Å². The third kappa shape index (κ3) is 3.66. The molecule has 2 heterocycles. The SMILES string of the molecule is O=C(c1cnn(-c2ccc([N+](=O)[O-])cc2)c1)N(Cc1ccco1)C1CCCC1. The van der Waals surface area contributed by atoms with Crippen LogP contribution < -0.4 is 0 Å². The van der Waals surface area contributed by atoms with Crippen LogP contribution in [-0.2, 0) is 6.54 Å². The molecule has 3 aromatic rings. The average Bonchev–Trinajstić information content (AvgIpc) is 3.48. The minimum atomic E-state index is -0.448. The highest BCUT2D eigenvalue weighted by molar-refractivity contribution is 5.94. The number of benzene rings is 1. The Bertz CT molecular complexity index is 957. The van der Waals surface area contributed by atoms with E-state index in [4.69, 9.17) is 4.42 Å². The summed E-state index contributed by atoms with van der Waals surface area (Å²) in [6.45, 7) is 0.430. The van der Waals surface area contributed by atoms with Crippen molar-refractivity contribution < 1.29 is 14.1 Å². The summed E-state index contributed by atoms with van der Waals surface area (Å²) in [7, 11) is 0. The maximum Gasteiger partial charge on any atom is 0.269 e. The molecule has 1 saturated carbocycles. The molecule has 1 aromatic carbocycles. The van der Waals surface area contributed by atoms with Gasteiger partial charge in [0.25, 0.3) is 11.6 Å². The molecule has 144 valence electrons. The van der Waals surface area contributed by atoms with Gasteiger partial charge in [0.15, 0.2) is 0 Å². The lowest BCUT2D eigenvalue weighted by atomic mass is 10.1. The zero-order valence-corrected chi connectivity index (χ0v) is 15.2. The van der Waals surface area contributed by atoms with Crippen LogP contribution in [0.3, 0.4) is 0 Å². The number of rotatable bonds is 6. The molecule has 1 aliphatic rings. The summed E-state index contributed by atoms with van der Waals surface area (Å²) < 4.78 is 7.00. The Labute approximate surface area is 161 Å². The first-order valence-electron chi connectivity index (χ1n) is 9.24. The Hall–Kier alpha value is -3.42. The number of furan rings is 1. The monoisotopic (exact) mass is 380 g/mol. The van der Waals surface area contributed by atoms with Gasteiger partial charge in [-0.25, -0.2) is 4.68 Å². The zero-order valence-electron chi connectivity index (χ0n) is 15.2. The fourth-order valence-electron chi connectivity index (χ4n) is 3.62. The standard InChI is InChI=1S/C20H20N4O4/c25-20(22(16-4-1-2-5-16)14-19-6-3-11-28-19)15-12-21-23(13-15)17-7-9-18(10-8-17)24(26)27/h3,6-13,16H,1-2,4-5,14H2. The molecular weight excluding hydrogens is 360 g/mol. The van der Waals surface area contributed by atoms with Gasteiger partial charge in [0.05, 0.1) is 35.2 Å². The predicted molar refractivity (Wildman–Crippen MR) is 101 cm³/mol. The molecule has 0 unspecified atom stereocenters. The summed E-state index contributed by atoms with van der Waals surface area (Å²) in [5.74, 6) is 0.666.